The van der Waals surface area contributed by atoms with E-state index in [1.165, 1.54) is 11.9 Å². The molecule has 0 radical (unpaired) electrons. The Morgan fingerprint density at radius 1 is 1.11 bits per heavy atom. The van der Waals surface area contributed by atoms with Crippen LogP contribution in [-0.4, -0.2) is 39.6 Å². The van der Waals surface area contributed by atoms with E-state index in [9.17, 15) is 0 Å². The van der Waals surface area contributed by atoms with Gasteiger partial charge in [0.25, 0.3) is 0 Å². The lowest BCUT2D eigenvalue weighted by molar-refractivity contribution is 0.477. The molecule has 2 N–H and O–H groups in total. The summed E-state index contributed by atoms with van der Waals surface area (Å²) < 4.78 is 0. The number of H-pyrrole nitrogens is 1. The van der Waals surface area contributed by atoms with Crippen molar-refractivity contribution in [1.82, 2.24) is 25.4 Å². The topological polar surface area (TPSA) is 69.2 Å². The highest BCUT2D eigenvalue weighted by atomic mass is 127. The molecule has 0 aliphatic carbocycles. The van der Waals surface area contributed by atoms with E-state index in [0.717, 1.165) is 36.0 Å². The zero-order chi connectivity index (χ0) is 18.2. The summed E-state index contributed by atoms with van der Waals surface area (Å²) in [5.74, 6) is 1.66. The van der Waals surface area contributed by atoms with Crippen LogP contribution >= 0.6 is 24.0 Å². The summed E-state index contributed by atoms with van der Waals surface area (Å²) in [5, 5.41) is 10.2. The van der Waals surface area contributed by atoms with E-state index in [-0.39, 0.29) is 24.0 Å². The number of guanidine groups is 1. The third-order valence-electron chi connectivity index (χ3n) is 3.99. The number of hydrogen-bond donors (Lipinski definition) is 2. The predicted molar refractivity (Wildman–Crippen MR) is 120 cm³/mol. The van der Waals surface area contributed by atoms with Crippen LogP contribution in [0.3, 0.4) is 0 Å². The van der Waals surface area contributed by atoms with E-state index in [4.69, 9.17) is 4.99 Å². The van der Waals surface area contributed by atoms with E-state index in [1.807, 2.05) is 18.2 Å². The first-order valence-electron chi connectivity index (χ1n) is 8.74. The molecule has 3 rings (SSSR count). The Morgan fingerprint density at radius 3 is 2.59 bits per heavy atom. The van der Waals surface area contributed by atoms with Gasteiger partial charge in [-0.25, -0.2) is 9.98 Å². The highest BCUT2D eigenvalue weighted by Crippen LogP contribution is 2.16. The number of hydrogen-bond acceptors (Lipinski definition) is 3. The molecular weight excluding hydrogens is 451 g/mol. The maximum absolute atomic E-state index is 4.79. The molecule has 0 fully saturated rings. The van der Waals surface area contributed by atoms with Crippen molar-refractivity contribution in [3.63, 3.8) is 0 Å². The average molecular weight is 476 g/mol. The fourth-order valence-corrected chi connectivity index (χ4v) is 2.73. The molecule has 0 saturated heterocycles. The van der Waals surface area contributed by atoms with Gasteiger partial charge in [-0.15, -0.1) is 24.0 Å². The van der Waals surface area contributed by atoms with Gasteiger partial charge < -0.3 is 10.2 Å². The summed E-state index contributed by atoms with van der Waals surface area (Å²) in [7, 11) is 2.05. The fraction of sp³-hybridized carbons (Fsp3) is 0.250. The van der Waals surface area contributed by atoms with Crippen molar-refractivity contribution < 1.29 is 0 Å². The van der Waals surface area contributed by atoms with Gasteiger partial charge in [0, 0.05) is 25.7 Å². The van der Waals surface area contributed by atoms with Crippen LogP contribution in [-0.2, 0) is 13.1 Å². The number of aromatic nitrogens is 3. The molecule has 0 spiro atoms. The van der Waals surface area contributed by atoms with Crippen LogP contribution in [0.25, 0.3) is 11.4 Å². The molecule has 0 aliphatic rings. The Kier molecular flexibility index (Phi) is 8.25. The van der Waals surface area contributed by atoms with Gasteiger partial charge in [0.15, 0.2) is 11.8 Å². The highest BCUT2D eigenvalue weighted by Gasteiger charge is 2.07. The van der Waals surface area contributed by atoms with Crippen molar-refractivity contribution in [2.24, 2.45) is 4.99 Å². The minimum atomic E-state index is 0. The highest BCUT2D eigenvalue weighted by molar-refractivity contribution is 14.0. The molecular formula is C20H25IN6. The van der Waals surface area contributed by atoms with Crippen LogP contribution in [0.5, 0.6) is 0 Å². The Hall–Kier alpha value is -2.42. The number of benzene rings is 2. The molecule has 6 nitrogen and oxygen atoms in total. The van der Waals surface area contributed by atoms with Gasteiger partial charge in [0.05, 0.1) is 6.54 Å². The number of aliphatic imine (C=N–C) groups is 1. The minimum Gasteiger partial charge on any atom is -0.357 e. The number of nitrogens with zero attached hydrogens (tertiary/aromatic N) is 4. The number of halogens is 1. The van der Waals surface area contributed by atoms with Gasteiger partial charge in [-0.2, -0.15) is 5.10 Å². The van der Waals surface area contributed by atoms with Crippen molar-refractivity contribution >= 4 is 29.9 Å². The molecule has 27 heavy (non-hydrogen) atoms. The summed E-state index contributed by atoms with van der Waals surface area (Å²) >= 11 is 0. The van der Waals surface area contributed by atoms with Crippen LogP contribution in [0.2, 0.25) is 0 Å². The summed E-state index contributed by atoms with van der Waals surface area (Å²) in [6.45, 7) is 4.32. The molecule has 1 heterocycles. The molecule has 3 aromatic rings. The zero-order valence-corrected chi connectivity index (χ0v) is 17.9. The zero-order valence-electron chi connectivity index (χ0n) is 15.6. The lowest BCUT2D eigenvalue weighted by Crippen LogP contribution is -2.38. The molecule has 0 saturated carbocycles. The quantitative estimate of drug-likeness (QED) is 0.324. The molecule has 0 atom stereocenters. The monoisotopic (exact) mass is 476 g/mol. The van der Waals surface area contributed by atoms with Gasteiger partial charge in [-0.05, 0) is 24.1 Å². The van der Waals surface area contributed by atoms with Gasteiger partial charge >= 0.3 is 0 Å². The van der Waals surface area contributed by atoms with Crippen LogP contribution < -0.4 is 5.32 Å². The Labute approximate surface area is 177 Å². The van der Waals surface area contributed by atoms with Crippen molar-refractivity contribution in [3.05, 3.63) is 72.1 Å². The summed E-state index contributed by atoms with van der Waals surface area (Å²) in [4.78, 5) is 11.1. The van der Waals surface area contributed by atoms with Gasteiger partial charge in [-0.1, -0.05) is 48.5 Å². The maximum Gasteiger partial charge on any atom is 0.194 e. The van der Waals surface area contributed by atoms with Crippen molar-refractivity contribution in [2.45, 2.75) is 20.0 Å². The van der Waals surface area contributed by atoms with Crippen LogP contribution in [0, 0.1) is 0 Å². The molecule has 142 valence electrons. The lowest BCUT2D eigenvalue weighted by Gasteiger charge is -2.22. The summed E-state index contributed by atoms with van der Waals surface area (Å²) in [6.07, 6.45) is 1.52. The molecule has 0 amide bonds. The van der Waals surface area contributed by atoms with E-state index in [2.05, 4.69) is 75.8 Å². The third kappa shape index (κ3) is 6.06. The van der Waals surface area contributed by atoms with Gasteiger partial charge in [0.2, 0.25) is 0 Å². The second kappa shape index (κ2) is 10.7. The normalized spacial score (nSPS) is 11.0. The number of rotatable bonds is 6. The third-order valence-corrected chi connectivity index (χ3v) is 3.99. The van der Waals surface area contributed by atoms with Crippen LogP contribution in [0.15, 0.2) is 65.9 Å². The van der Waals surface area contributed by atoms with Crippen molar-refractivity contribution in [3.8, 4) is 11.4 Å². The van der Waals surface area contributed by atoms with Crippen molar-refractivity contribution in [2.75, 3.05) is 13.6 Å². The average Bonchev–Trinajstić information content (AvgIpc) is 3.21. The number of aromatic amines is 1. The SMILES string of the molecule is CCNC(=NCc1cccc(-c2ncn[nH]2)c1)N(C)Cc1ccccc1.I. The Balaban J connectivity index is 0.00000261. The van der Waals surface area contributed by atoms with E-state index < -0.39 is 0 Å². The number of nitrogens with one attached hydrogen (secondary N) is 2. The molecule has 0 unspecified atom stereocenters. The van der Waals surface area contributed by atoms with Gasteiger partial charge in [-0.3, -0.25) is 5.10 Å². The van der Waals surface area contributed by atoms with Crippen molar-refractivity contribution in [1.29, 1.82) is 0 Å². The Morgan fingerprint density at radius 2 is 1.89 bits per heavy atom. The maximum atomic E-state index is 4.79. The fourth-order valence-electron chi connectivity index (χ4n) is 2.73. The first-order chi connectivity index (χ1) is 12.8. The second-order valence-corrected chi connectivity index (χ2v) is 6.05. The molecule has 2 aromatic carbocycles. The lowest BCUT2D eigenvalue weighted by atomic mass is 10.1. The first-order valence-corrected chi connectivity index (χ1v) is 8.74. The second-order valence-electron chi connectivity index (χ2n) is 6.05. The largest absolute Gasteiger partial charge is 0.357 e. The van der Waals surface area contributed by atoms with E-state index >= 15 is 0 Å². The molecule has 1 aromatic heterocycles. The van der Waals surface area contributed by atoms with E-state index in [1.54, 1.807) is 0 Å². The molecule has 7 heteroatoms. The minimum absolute atomic E-state index is 0. The van der Waals surface area contributed by atoms with Gasteiger partial charge in [0.1, 0.15) is 6.33 Å². The van der Waals surface area contributed by atoms with Crippen LogP contribution in [0.4, 0.5) is 0 Å². The summed E-state index contributed by atoms with van der Waals surface area (Å²) in [5.41, 5.74) is 3.40. The summed E-state index contributed by atoms with van der Waals surface area (Å²) in [6, 6.07) is 18.6. The predicted octanol–water partition coefficient (Wildman–Crippen LogP) is 3.69. The van der Waals surface area contributed by atoms with Crippen LogP contribution in [0.1, 0.15) is 18.1 Å². The molecule has 0 aliphatic heterocycles. The Bertz CT molecular complexity index is 833. The smallest absolute Gasteiger partial charge is 0.194 e. The first kappa shape index (κ1) is 20.9. The molecule has 0 bridgehead atoms. The van der Waals surface area contributed by atoms with E-state index in [0.29, 0.717) is 6.54 Å². The standard InChI is InChI=1S/C20H24N6.HI/c1-3-21-20(26(2)14-16-8-5-4-6-9-16)22-13-17-10-7-11-18(12-17)19-23-15-24-25-19;/h4-12,15H,3,13-14H2,1-2H3,(H,21,22)(H,23,24,25);1H.